The van der Waals surface area contributed by atoms with Gasteiger partial charge in [-0.1, -0.05) is 35.5 Å². The molecule has 1 heterocycles. The molecule has 2 rings (SSSR count). The molecule has 1 aliphatic rings. The van der Waals surface area contributed by atoms with Gasteiger partial charge in [0.25, 0.3) is 0 Å². The average Bonchev–Trinajstić information content (AvgIpc) is 2.76. The van der Waals surface area contributed by atoms with Gasteiger partial charge in [-0.25, -0.2) is 0 Å². The summed E-state index contributed by atoms with van der Waals surface area (Å²) in [5, 5.41) is 4.03. The van der Waals surface area contributed by atoms with E-state index in [1.165, 1.54) is 0 Å². The van der Waals surface area contributed by atoms with E-state index in [9.17, 15) is 4.79 Å². The summed E-state index contributed by atoms with van der Waals surface area (Å²) in [6, 6.07) is 9.89. The smallest absolute Gasteiger partial charge is 0.217 e. The summed E-state index contributed by atoms with van der Waals surface area (Å²) >= 11 is 0. The zero-order valence-electron chi connectivity index (χ0n) is 8.93. The number of benzene rings is 1. The van der Waals surface area contributed by atoms with E-state index in [0.29, 0.717) is 12.8 Å². The van der Waals surface area contributed by atoms with Gasteiger partial charge in [0.2, 0.25) is 5.91 Å². The van der Waals surface area contributed by atoms with Gasteiger partial charge in [-0.2, -0.15) is 0 Å². The summed E-state index contributed by atoms with van der Waals surface area (Å²) in [6.45, 7) is 0. The molecule has 0 saturated heterocycles. The van der Waals surface area contributed by atoms with Crippen molar-refractivity contribution in [2.45, 2.75) is 25.4 Å². The molecule has 2 N–H and O–H groups in total. The second-order valence-electron chi connectivity index (χ2n) is 3.84. The monoisotopic (exact) mass is 218 g/mol. The molecule has 1 aromatic rings. The van der Waals surface area contributed by atoms with Crippen LogP contribution in [0.2, 0.25) is 0 Å². The van der Waals surface area contributed by atoms with Gasteiger partial charge in [-0.15, -0.1) is 0 Å². The van der Waals surface area contributed by atoms with Crippen LogP contribution in [0.5, 0.6) is 0 Å². The Morgan fingerprint density at radius 3 is 2.88 bits per heavy atom. The van der Waals surface area contributed by atoms with Crippen LogP contribution < -0.4 is 5.73 Å². The summed E-state index contributed by atoms with van der Waals surface area (Å²) in [5.74, 6) is -0.295. The van der Waals surface area contributed by atoms with Crippen molar-refractivity contribution in [2.24, 2.45) is 10.9 Å². The molecule has 84 valence electrons. The van der Waals surface area contributed by atoms with Crippen molar-refractivity contribution in [1.29, 1.82) is 0 Å². The molecule has 0 bridgehead atoms. The molecule has 0 spiro atoms. The maximum Gasteiger partial charge on any atom is 0.217 e. The molecule has 4 nitrogen and oxygen atoms in total. The number of oxime groups is 1. The van der Waals surface area contributed by atoms with Gasteiger partial charge in [0.15, 0.2) is 0 Å². The fourth-order valence-corrected chi connectivity index (χ4v) is 1.69. The second kappa shape index (κ2) is 4.79. The van der Waals surface area contributed by atoms with Crippen molar-refractivity contribution >= 4 is 11.6 Å². The van der Waals surface area contributed by atoms with Crippen molar-refractivity contribution in [3.05, 3.63) is 35.9 Å². The van der Waals surface area contributed by atoms with Crippen LogP contribution in [-0.2, 0) is 9.63 Å². The Kier molecular flexibility index (Phi) is 3.19. The number of amides is 1. The van der Waals surface area contributed by atoms with Crippen molar-refractivity contribution < 1.29 is 9.63 Å². The Hall–Kier alpha value is -1.84. The average molecular weight is 218 g/mol. The lowest BCUT2D eigenvalue weighted by atomic mass is 10.0. The second-order valence-corrected chi connectivity index (χ2v) is 3.84. The number of hydrogen-bond acceptors (Lipinski definition) is 3. The van der Waals surface area contributed by atoms with E-state index >= 15 is 0 Å². The fourth-order valence-electron chi connectivity index (χ4n) is 1.69. The van der Waals surface area contributed by atoms with Gasteiger partial charge in [0.05, 0.1) is 5.71 Å². The zero-order valence-corrected chi connectivity index (χ0v) is 8.93. The summed E-state index contributed by atoms with van der Waals surface area (Å²) in [6.07, 6.45) is 1.72. The molecule has 1 aromatic carbocycles. The third-order valence-electron chi connectivity index (χ3n) is 2.55. The quantitative estimate of drug-likeness (QED) is 0.831. The molecule has 0 aromatic heterocycles. The minimum Gasteiger partial charge on any atom is -0.392 e. The summed E-state index contributed by atoms with van der Waals surface area (Å²) in [4.78, 5) is 15.9. The molecule has 0 radical (unpaired) electrons. The molecule has 1 unspecified atom stereocenters. The fraction of sp³-hybridized carbons (Fsp3) is 0.333. The van der Waals surface area contributed by atoms with Crippen molar-refractivity contribution in [2.75, 3.05) is 0 Å². The van der Waals surface area contributed by atoms with Gasteiger partial charge in [-0.05, 0) is 12.0 Å². The number of rotatable bonds is 4. The van der Waals surface area contributed by atoms with E-state index < -0.39 is 0 Å². The SMILES string of the molecule is NC(=O)CCC1CC(c2ccccc2)=NO1. The van der Waals surface area contributed by atoms with E-state index in [4.69, 9.17) is 10.6 Å². The molecular formula is C12H14N2O2. The van der Waals surface area contributed by atoms with E-state index in [1.54, 1.807) is 0 Å². The van der Waals surface area contributed by atoms with Crippen molar-refractivity contribution in [3.8, 4) is 0 Å². The van der Waals surface area contributed by atoms with Crippen LogP contribution in [0.3, 0.4) is 0 Å². The molecular weight excluding hydrogens is 204 g/mol. The van der Waals surface area contributed by atoms with Gasteiger partial charge in [-0.3, -0.25) is 4.79 Å². The van der Waals surface area contributed by atoms with Crippen LogP contribution in [0.1, 0.15) is 24.8 Å². The van der Waals surface area contributed by atoms with Crippen molar-refractivity contribution in [1.82, 2.24) is 0 Å². The molecule has 1 aliphatic heterocycles. The lowest BCUT2D eigenvalue weighted by Crippen LogP contribution is -2.15. The minimum absolute atomic E-state index is 0.0114. The van der Waals surface area contributed by atoms with Crippen LogP contribution in [0.15, 0.2) is 35.5 Å². The molecule has 4 heteroatoms. The van der Waals surface area contributed by atoms with E-state index in [-0.39, 0.29) is 12.0 Å². The highest BCUT2D eigenvalue weighted by molar-refractivity contribution is 6.01. The van der Waals surface area contributed by atoms with Gasteiger partial charge < -0.3 is 10.6 Å². The van der Waals surface area contributed by atoms with Crippen LogP contribution in [-0.4, -0.2) is 17.7 Å². The topological polar surface area (TPSA) is 64.7 Å². The first kappa shape index (κ1) is 10.7. The predicted octanol–water partition coefficient (Wildman–Crippen LogP) is 1.45. The third-order valence-corrected chi connectivity index (χ3v) is 2.55. The Labute approximate surface area is 94.1 Å². The third kappa shape index (κ3) is 2.59. The first-order valence-electron chi connectivity index (χ1n) is 5.32. The molecule has 0 fully saturated rings. The Morgan fingerprint density at radius 2 is 2.19 bits per heavy atom. The number of primary amides is 1. The summed E-state index contributed by atoms with van der Waals surface area (Å²) in [7, 11) is 0. The van der Waals surface area contributed by atoms with Crippen LogP contribution >= 0.6 is 0 Å². The van der Waals surface area contributed by atoms with Gasteiger partial charge in [0, 0.05) is 12.8 Å². The molecule has 1 atom stereocenters. The summed E-state index contributed by atoms with van der Waals surface area (Å²) in [5.41, 5.74) is 7.10. The molecule has 0 aliphatic carbocycles. The van der Waals surface area contributed by atoms with Gasteiger partial charge >= 0.3 is 0 Å². The maximum atomic E-state index is 10.6. The predicted molar refractivity (Wildman–Crippen MR) is 60.9 cm³/mol. The largest absolute Gasteiger partial charge is 0.392 e. The van der Waals surface area contributed by atoms with Crippen LogP contribution in [0.4, 0.5) is 0 Å². The maximum absolute atomic E-state index is 10.6. The highest BCUT2D eigenvalue weighted by Gasteiger charge is 2.22. The lowest BCUT2D eigenvalue weighted by Gasteiger charge is -2.05. The first-order valence-corrected chi connectivity index (χ1v) is 5.32. The summed E-state index contributed by atoms with van der Waals surface area (Å²) < 4.78 is 0. The van der Waals surface area contributed by atoms with Gasteiger partial charge in [0.1, 0.15) is 6.10 Å². The number of nitrogens with two attached hydrogens (primary N) is 1. The number of carbonyl (C=O) groups is 1. The Balaban J connectivity index is 1.90. The number of nitrogens with zero attached hydrogens (tertiary/aromatic N) is 1. The van der Waals surface area contributed by atoms with E-state index in [0.717, 1.165) is 17.7 Å². The zero-order chi connectivity index (χ0) is 11.4. The molecule has 1 amide bonds. The lowest BCUT2D eigenvalue weighted by molar-refractivity contribution is -0.118. The highest BCUT2D eigenvalue weighted by atomic mass is 16.6. The normalized spacial score (nSPS) is 19.0. The van der Waals surface area contributed by atoms with E-state index in [2.05, 4.69) is 5.16 Å². The Morgan fingerprint density at radius 1 is 1.44 bits per heavy atom. The first-order chi connectivity index (χ1) is 7.75. The molecule has 0 saturated carbocycles. The van der Waals surface area contributed by atoms with E-state index in [1.807, 2.05) is 30.3 Å². The van der Waals surface area contributed by atoms with Crippen molar-refractivity contribution in [3.63, 3.8) is 0 Å². The number of carbonyl (C=O) groups excluding carboxylic acids is 1. The highest BCUT2D eigenvalue weighted by Crippen LogP contribution is 2.19. The number of hydrogen-bond donors (Lipinski definition) is 1. The standard InChI is InChI=1S/C12H14N2O2/c13-12(15)7-6-10-8-11(14-16-10)9-4-2-1-3-5-9/h1-5,10H,6-8H2,(H2,13,15). The van der Waals surface area contributed by atoms with Crippen LogP contribution in [0, 0.1) is 0 Å². The Bertz CT molecular complexity index is 401. The molecule has 16 heavy (non-hydrogen) atoms. The van der Waals surface area contributed by atoms with Crippen LogP contribution in [0.25, 0.3) is 0 Å². The minimum atomic E-state index is -0.295.